The highest BCUT2D eigenvalue weighted by Crippen LogP contribution is 2.25. The third-order valence-corrected chi connectivity index (χ3v) is 2.71. The molecule has 0 aromatic carbocycles. The average Bonchev–Trinajstić information content (AvgIpc) is 2.82. The maximum absolute atomic E-state index is 11.3. The van der Waals surface area contributed by atoms with E-state index >= 15 is 0 Å². The minimum atomic E-state index is -0.000945. The summed E-state index contributed by atoms with van der Waals surface area (Å²) in [4.78, 5) is 17.1. The number of amides is 1. The molecule has 1 saturated heterocycles. The molecule has 2 heterocycles. The third kappa shape index (κ3) is 2.06. The Labute approximate surface area is 87.8 Å². The van der Waals surface area contributed by atoms with E-state index in [9.17, 15) is 4.79 Å². The Morgan fingerprint density at radius 2 is 2.33 bits per heavy atom. The average molecular weight is 207 g/mol. The predicted molar refractivity (Wildman–Crippen MR) is 53.1 cm³/mol. The first kappa shape index (κ1) is 9.89. The van der Waals surface area contributed by atoms with E-state index in [1.54, 1.807) is 4.90 Å². The molecule has 0 aliphatic carbocycles. The van der Waals surface area contributed by atoms with Crippen molar-refractivity contribution in [3.05, 3.63) is 24.9 Å². The van der Waals surface area contributed by atoms with E-state index in [0.29, 0.717) is 11.8 Å². The molecule has 1 fully saturated rings. The molecule has 0 radical (unpaired) electrons. The molecule has 1 aromatic heterocycles. The zero-order valence-electron chi connectivity index (χ0n) is 8.43. The molecule has 1 aliphatic heterocycles. The molecule has 2 rings (SSSR count). The van der Waals surface area contributed by atoms with Crippen molar-refractivity contribution < 1.29 is 9.32 Å². The van der Waals surface area contributed by atoms with Crippen molar-refractivity contribution in [1.29, 1.82) is 0 Å². The van der Waals surface area contributed by atoms with Crippen LogP contribution in [0.5, 0.6) is 0 Å². The lowest BCUT2D eigenvalue weighted by Gasteiger charge is -2.29. The van der Waals surface area contributed by atoms with Crippen LogP contribution >= 0.6 is 0 Å². The van der Waals surface area contributed by atoms with Gasteiger partial charge in [-0.05, 0) is 18.9 Å². The van der Waals surface area contributed by atoms with Crippen molar-refractivity contribution >= 4 is 5.91 Å². The van der Waals surface area contributed by atoms with Crippen LogP contribution in [-0.4, -0.2) is 34.0 Å². The first-order chi connectivity index (χ1) is 7.31. The summed E-state index contributed by atoms with van der Waals surface area (Å²) in [6, 6.07) is 0. The number of piperidine rings is 1. The van der Waals surface area contributed by atoms with E-state index in [4.69, 9.17) is 4.52 Å². The highest BCUT2D eigenvalue weighted by Gasteiger charge is 2.25. The van der Waals surface area contributed by atoms with Crippen LogP contribution in [0.4, 0.5) is 0 Å². The summed E-state index contributed by atoms with van der Waals surface area (Å²) >= 11 is 0. The second kappa shape index (κ2) is 4.25. The van der Waals surface area contributed by atoms with E-state index in [-0.39, 0.29) is 5.91 Å². The van der Waals surface area contributed by atoms with Gasteiger partial charge in [-0.1, -0.05) is 11.7 Å². The molecule has 1 aromatic rings. The van der Waals surface area contributed by atoms with Gasteiger partial charge in [0, 0.05) is 19.0 Å². The van der Waals surface area contributed by atoms with Gasteiger partial charge in [0.1, 0.15) is 0 Å². The number of hydrogen-bond donors (Lipinski definition) is 0. The van der Waals surface area contributed by atoms with Crippen LogP contribution in [0.25, 0.3) is 0 Å². The van der Waals surface area contributed by atoms with Gasteiger partial charge in [0.2, 0.25) is 11.8 Å². The van der Waals surface area contributed by atoms with Gasteiger partial charge in [0.25, 0.3) is 0 Å². The molecule has 0 N–H and O–H groups in total. The molecule has 5 nitrogen and oxygen atoms in total. The molecule has 1 amide bonds. The Morgan fingerprint density at radius 1 is 1.60 bits per heavy atom. The summed E-state index contributed by atoms with van der Waals surface area (Å²) in [7, 11) is 0. The molecule has 0 unspecified atom stereocenters. The van der Waals surface area contributed by atoms with Crippen molar-refractivity contribution in [2.45, 2.75) is 18.8 Å². The van der Waals surface area contributed by atoms with Crippen molar-refractivity contribution in [3.63, 3.8) is 0 Å². The normalized spacial score (nSPS) is 17.7. The highest BCUT2D eigenvalue weighted by atomic mass is 16.5. The molecule has 5 heteroatoms. The fourth-order valence-corrected chi connectivity index (χ4v) is 1.84. The SMILES string of the molecule is C=CC(=O)N1CCC(c2ncno2)CC1. The van der Waals surface area contributed by atoms with Gasteiger partial charge in [-0.15, -0.1) is 0 Å². The summed E-state index contributed by atoms with van der Waals surface area (Å²) < 4.78 is 5.01. The van der Waals surface area contributed by atoms with E-state index in [1.165, 1.54) is 12.4 Å². The van der Waals surface area contributed by atoms with E-state index < -0.39 is 0 Å². The number of rotatable bonds is 2. The van der Waals surface area contributed by atoms with Gasteiger partial charge >= 0.3 is 0 Å². The second-order valence-electron chi connectivity index (χ2n) is 3.58. The topological polar surface area (TPSA) is 59.2 Å². The first-order valence-electron chi connectivity index (χ1n) is 4.99. The van der Waals surface area contributed by atoms with E-state index in [2.05, 4.69) is 16.7 Å². The molecule has 1 aliphatic rings. The maximum atomic E-state index is 11.3. The van der Waals surface area contributed by atoms with Crippen LogP contribution in [0, 0.1) is 0 Å². The summed E-state index contributed by atoms with van der Waals surface area (Å²) in [5.74, 6) is 0.973. The summed E-state index contributed by atoms with van der Waals surface area (Å²) in [6.07, 6.45) is 4.52. The van der Waals surface area contributed by atoms with Gasteiger partial charge in [-0.2, -0.15) is 4.98 Å². The largest absolute Gasteiger partial charge is 0.339 e. The number of carbonyl (C=O) groups is 1. The lowest BCUT2D eigenvalue weighted by atomic mass is 9.97. The Bertz CT molecular complexity index is 340. The van der Waals surface area contributed by atoms with Crippen LogP contribution in [0.3, 0.4) is 0 Å². The van der Waals surface area contributed by atoms with E-state index in [0.717, 1.165) is 25.9 Å². The third-order valence-electron chi connectivity index (χ3n) is 2.71. The molecule has 0 bridgehead atoms. The van der Waals surface area contributed by atoms with Gasteiger partial charge in [0.05, 0.1) is 0 Å². The Morgan fingerprint density at radius 3 is 2.87 bits per heavy atom. The smallest absolute Gasteiger partial charge is 0.245 e. The van der Waals surface area contributed by atoms with E-state index in [1.807, 2.05) is 0 Å². The van der Waals surface area contributed by atoms with Crippen molar-refractivity contribution in [3.8, 4) is 0 Å². The van der Waals surface area contributed by atoms with Crippen LogP contribution in [0.2, 0.25) is 0 Å². The number of nitrogens with zero attached hydrogens (tertiary/aromatic N) is 3. The van der Waals surface area contributed by atoms with Crippen LogP contribution in [-0.2, 0) is 4.79 Å². The number of hydrogen-bond acceptors (Lipinski definition) is 4. The molecule has 0 spiro atoms. The van der Waals surface area contributed by atoms with Gasteiger partial charge in [0.15, 0.2) is 6.33 Å². The molecule has 15 heavy (non-hydrogen) atoms. The van der Waals surface area contributed by atoms with Gasteiger partial charge in [-0.3, -0.25) is 4.79 Å². The zero-order chi connectivity index (χ0) is 10.7. The quantitative estimate of drug-likeness (QED) is 0.678. The monoisotopic (exact) mass is 207 g/mol. The first-order valence-corrected chi connectivity index (χ1v) is 4.99. The standard InChI is InChI=1S/C10H13N3O2/c1-2-9(14)13-5-3-8(4-6-13)10-11-7-12-15-10/h2,7-8H,1,3-6H2. The summed E-state index contributed by atoms with van der Waals surface area (Å²) in [6.45, 7) is 4.94. The number of carbonyl (C=O) groups excluding carboxylic acids is 1. The fraction of sp³-hybridized carbons (Fsp3) is 0.500. The Balaban J connectivity index is 1.92. The molecular formula is C10H13N3O2. The second-order valence-corrected chi connectivity index (χ2v) is 3.58. The fourth-order valence-electron chi connectivity index (χ4n) is 1.84. The maximum Gasteiger partial charge on any atom is 0.245 e. The van der Waals surface area contributed by atoms with Crippen LogP contribution < -0.4 is 0 Å². The molecule has 0 atom stereocenters. The van der Waals surface area contributed by atoms with Crippen LogP contribution in [0.1, 0.15) is 24.7 Å². The summed E-state index contributed by atoms with van der Waals surface area (Å²) in [5, 5.41) is 3.58. The van der Waals surface area contributed by atoms with Gasteiger partial charge in [-0.25, -0.2) is 0 Å². The lowest BCUT2D eigenvalue weighted by Crippen LogP contribution is -2.36. The molecular weight excluding hydrogens is 194 g/mol. The predicted octanol–water partition coefficient (Wildman–Crippen LogP) is 0.962. The number of aromatic nitrogens is 2. The minimum Gasteiger partial charge on any atom is -0.339 e. The lowest BCUT2D eigenvalue weighted by molar-refractivity contribution is -0.127. The van der Waals surface area contributed by atoms with Crippen molar-refractivity contribution in [2.24, 2.45) is 0 Å². The number of likely N-dealkylation sites (tertiary alicyclic amines) is 1. The Hall–Kier alpha value is -1.65. The highest BCUT2D eigenvalue weighted by molar-refractivity contribution is 5.87. The Kier molecular flexibility index (Phi) is 2.80. The van der Waals surface area contributed by atoms with Crippen molar-refractivity contribution in [1.82, 2.24) is 15.0 Å². The zero-order valence-corrected chi connectivity index (χ0v) is 8.43. The summed E-state index contributed by atoms with van der Waals surface area (Å²) in [5.41, 5.74) is 0. The minimum absolute atomic E-state index is 0.000945. The molecule has 0 saturated carbocycles. The van der Waals surface area contributed by atoms with Gasteiger partial charge < -0.3 is 9.42 Å². The van der Waals surface area contributed by atoms with Crippen molar-refractivity contribution in [2.75, 3.05) is 13.1 Å². The van der Waals surface area contributed by atoms with Crippen LogP contribution in [0.15, 0.2) is 23.5 Å². The molecule has 80 valence electrons.